The molecule has 0 spiro atoms. The van der Waals surface area contributed by atoms with Crippen LogP contribution in [-0.4, -0.2) is 71.1 Å². The highest BCUT2D eigenvalue weighted by Gasteiger charge is 2.20. The second kappa shape index (κ2) is 10.6. The number of nitrogens with zero attached hydrogens (tertiary/aromatic N) is 5. The number of aliphatic imine (C=N–C) groups is 1. The maximum Gasteiger partial charge on any atom is 0.227 e. The third-order valence-electron chi connectivity index (χ3n) is 4.64. The standard InChI is InChI=1S/C20H29N7O2/c1-3-21-20(22-9-7-19(28)24-18-6-4-5-16(2)23-18)27-12-10-26(11-13-27)15-17-8-14-29-25-17/h4-6,8,14H,3,7,9-13,15H2,1-2H3,(H,21,22)(H,23,24,28). The molecule has 3 rings (SSSR count). The average molecular weight is 399 g/mol. The first-order valence-corrected chi connectivity index (χ1v) is 10.0. The van der Waals surface area contributed by atoms with Gasteiger partial charge < -0.3 is 20.1 Å². The minimum atomic E-state index is -0.0832. The fraction of sp³-hybridized carbons (Fsp3) is 0.500. The van der Waals surface area contributed by atoms with Gasteiger partial charge in [-0.3, -0.25) is 14.7 Å². The molecule has 1 saturated heterocycles. The molecule has 0 unspecified atom stereocenters. The minimum absolute atomic E-state index is 0.0832. The molecule has 0 aromatic carbocycles. The fourth-order valence-corrected chi connectivity index (χ4v) is 3.17. The highest BCUT2D eigenvalue weighted by molar-refractivity contribution is 5.90. The Morgan fingerprint density at radius 1 is 1.24 bits per heavy atom. The van der Waals surface area contributed by atoms with Crippen molar-refractivity contribution in [2.24, 2.45) is 4.99 Å². The Morgan fingerprint density at radius 3 is 2.76 bits per heavy atom. The summed E-state index contributed by atoms with van der Waals surface area (Å²) >= 11 is 0. The Balaban J connectivity index is 1.46. The van der Waals surface area contributed by atoms with Crippen LogP contribution in [-0.2, 0) is 11.3 Å². The van der Waals surface area contributed by atoms with Gasteiger partial charge in [0.15, 0.2) is 5.96 Å². The van der Waals surface area contributed by atoms with Gasteiger partial charge in [-0.25, -0.2) is 4.98 Å². The molecule has 156 valence electrons. The molecule has 0 saturated carbocycles. The van der Waals surface area contributed by atoms with Crippen LogP contribution >= 0.6 is 0 Å². The van der Waals surface area contributed by atoms with Crippen LogP contribution in [0.4, 0.5) is 5.82 Å². The van der Waals surface area contributed by atoms with Crippen LogP contribution in [0.15, 0.2) is 40.0 Å². The Hall–Kier alpha value is -2.94. The summed E-state index contributed by atoms with van der Waals surface area (Å²) in [4.78, 5) is 25.7. The van der Waals surface area contributed by atoms with E-state index in [1.165, 1.54) is 0 Å². The van der Waals surface area contributed by atoms with Gasteiger partial charge in [0.05, 0.1) is 12.2 Å². The number of guanidine groups is 1. The second-order valence-corrected chi connectivity index (χ2v) is 6.95. The number of aromatic nitrogens is 2. The summed E-state index contributed by atoms with van der Waals surface area (Å²) in [5.74, 6) is 1.35. The van der Waals surface area contributed by atoms with E-state index in [1.54, 1.807) is 12.3 Å². The fourth-order valence-electron chi connectivity index (χ4n) is 3.17. The van der Waals surface area contributed by atoms with Gasteiger partial charge in [-0.05, 0) is 26.0 Å². The van der Waals surface area contributed by atoms with E-state index in [0.29, 0.717) is 18.8 Å². The lowest BCUT2D eigenvalue weighted by molar-refractivity contribution is -0.116. The molecular formula is C20H29N7O2. The number of nitrogens with one attached hydrogen (secondary N) is 2. The molecule has 1 amide bonds. The minimum Gasteiger partial charge on any atom is -0.364 e. The number of carbonyl (C=O) groups excluding carboxylic acids is 1. The molecule has 1 fully saturated rings. The lowest BCUT2D eigenvalue weighted by atomic mass is 10.3. The lowest BCUT2D eigenvalue weighted by Gasteiger charge is -2.36. The molecule has 2 aromatic heterocycles. The van der Waals surface area contributed by atoms with Crippen molar-refractivity contribution in [3.05, 3.63) is 41.9 Å². The van der Waals surface area contributed by atoms with Crippen LogP contribution in [0.1, 0.15) is 24.7 Å². The van der Waals surface area contributed by atoms with Gasteiger partial charge in [0.1, 0.15) is 12.1 Å². The molecule has 0 atom stereocenters. The van der Waals surface area contributed by atoms with Crippen LogP contribution in [0.25, 0.3) is 0 Å². The highest BCUT2D eigenvalue weighted by Crippen LogP contribution is 2.08. The molecule has 29 heavy (non-hydrogen) atoms. The Kier molecular flexibility index (Phi) is 7.57. The van der Waals surface area contributed by atoms with Crippen molar-refractivity contribution < 1.29 is 9.32 Å². The van der Waals surface area contributed by atoms with Gasteiger partial charge in [0.2, 0.25) is 5.91 Å². The molecular weight excluding hydrogens is 370 g/mol. The van der Waals surface area contributed by atoms with Crippen LogP contribution in [0.3, 0.4) is 0 Å². The van der Waals surface area contributed by atoms with Gasteiger partial charge in [0.25, 0.3) is 0 Å². The van der Waals surface area contributed by atoms with E-state index in [-0.39, 0.29) is 5.91 Å². The third kappa shape index (κ3) is 6.56. The van der Waals surface area contributed by atoms with Crippen LogP contribution in [0, 0.1) is 6.92 Å². The van der Waals surface area contributed by atoms with E-state index in [4.69, 9.17) is 4.52 Å². The van der Waals surface area contributed by atoms with Crippen molar-refractivity contribution in [3.8, 4) is 0 Å². The highest BCUT2D eigenvalue weighted by atomic mass is 16.5. The van der Waals surface area contributed by atoms with Crippen LogP contribution in [0.5, 0.6) is 0 Å². The number of piperazine rings is 1. The zero-order valence-corrected chi connectivity index (χ0v) is 17.1. The molecule has 9 nitrogen and oxygen atoms in total. The second-order valence-electron chi connectivity index (χ2n) is 6.95. The molecule has 3 heterocycles. The maximum atomic E-state index is 12.2. The van der Waals surface area contributed by atoms with E-state index in [1.807, 2.05) is 32.0 Å². The summed E-state index contributed by atoms with van der Waals surface area (Å²) < 4.78 is 4.90. The van der Waals surface area contributed by atoms with Gasteiger partial charge in [-0.15, -0.1) is 0 Å². The van der Waals surface area contributed by atoms with E-state index in [0.717, 1.165) is 56.6 Å². The van der Waals surface area contributed by atoms with Crippen molar-refractivity contribution in [1.29, 1.82) is 0 Å². The first-order valence-electron chi connectivity index (χ1n) is 10.0. The zero-order valence-electron chi connectivity index (χ0n) is 17.1. The molecule has 2 N–H and O–H groups in total. The third-order valence-corrected chi connectivity index (χ3v) is 4.64. The summed E-state index contributed by atoms with van der Waals surface area (Å²) in [6, 6.07) is 7.46. The van der Waals surface area contributed by atoms with Gasteiger partial charge >= 0.3 is 0 Å². The number of aryl methyl sites for hydroxylation is 1. The van der Waals surface area contributed by atoms with Crippen LogP contribution in [0.2, 0.25) is 0 Å². The van der Waals surface area contributed by atoms with E-state index in [2.05, 4.69) is 35.6 Å². The molecule has 0 radical (unpaired) electrons. The summed E-state index contributed by atoms with van der Waals surface area (Å²) in [5.41, 5.74) is 1.83. The van der Waals surface area contributed by atoms with Crippen molar-refractivity contribution in [2.45, 2.75) is 26.8 Å². The molecule has 1 aliphatic rings. The average Bonchev–Trinajstić information content (AvgIpc) is 3.21. The number of pyridine rings is 1. The number of amides is 1. The largest absolute Gasteiger partial charge is 0.364 e. The number of hydrogen-bond donors (Lipinski definition) is 2. The number of rotatable bonds is 7. The molecule has 1 aliphatic heterocycles. The van der Waals surface area contributed by atoms with Crippen molar-refractivity contribution in [1.82, 2.24) is 25.3 Å². The molecule has 0 bridgehead atoms. The summed E-state index contributed by atoms with van der Waals surface area (Å²) in [6.07, 6.45) is 1.92. The Bertz CT molecular complexity index is 799. The Labute approximate surface area is 171 Å². The summed E-state index contributed by atoms with van der Waals surface area (Å²) in [6.45, 7) is 9.57. The normalized spacial score (nSPS) is 15.4. The first-order chi connectivity index (χ1) is 14.1. The van der Waals surface area contributed by atoms with Gasteiger partial charge in [-0.1, -0.05) is 11.2 Å². The van der Waals surface area contributed by atoms with Crippen LogP contribution < -0.4 is 10.6 Å². The van der Waals surface area contributed by atoms with Crippen molar-refractivity contribution in [3.63, 3.8) is 0 Å². The topological polar surface area (TPSA) is 98.9 Å². The summed E-state index contributed by atoms with van der Waals surface area (Å²) in [7, 11) is 0. The molecule has 2 aromatic rings. The quantitative estimate of drug-likeness (QED) is 0.538. The van der Waals surface area contributed by atoms with Gasteiger partial charge in [-0.2, -0.15) is 0 Å². The van der Waals surface area contributed by atoms with Gasteiger partial charge in [0, 0.05) is 57.4 Å². The zero-order chi connectivity index (χ0) is 20.5. The predicted octanol–water partition coefficient (Wildman–Crippen LogP) is 1.49. The lowest BCUT2D eigenvalue weighted by Crippen LogP contribution is -2.52. The van der Waals surface area contributed by atoms with E-state index in [9.17, 15) is 4.79 Å². The van der Waals surface area contributed by atoms with E-state index < -0.39 is 0 Å². The maximum absolute atomic E-state index is 12.2. The predicted molar refractivity (Wildman–Crippen MR) is 112 cm³/mol. The SMILES string of the molecule is CCNC(=NCCC(=O)Nc1cccc(C)n1)N1CCN(Cc2ccon2)CC1. The van der Waals surface area contributed by atoms with Crippen molar-refractivity contribution >= 4 is 17.7 Å². The smallest absolute Gasteiger partial charge is 0.227 e. The number of carbonyl (C=O) groups is 1. The molecule has 0 aliphatic carbocycles. The molecule has 9 heteroatoms. The van der Waals surface area contributed by atoms with Crippen molar-refractivity contribution in [2.75, 3.05) is 44.6 Å². The van der Waals surface area contributed by atoms with E-state index >= 15 is 0 Å². The number of anilines is 1. The number of hydrogen-bond acceptors (Lipinski definition) is 6. The summed E-state index contributed by atoms with van der Waals surface area (Å²) in [5, 5.41) is 10.1. The Morgan fingerprint density at radius 2 is 2.07 bits per heavy atom. The monoisotopic (exact) mass is 399 g/mol. The first kappa shape index (κ1) is 20.8.